The van der Waals surface area contributed by atoms with Crippen LogP contribution in [-0.2, 0) is 0 Å². The Labute approximate surface area is 96.1 Å². The van der Waals surface area contributed by atoms with Crippen molar-refractivity contribution in [3.63, 3.8) is 0 Å². The van der Waals surface area contributed by atoms with Gasteiger partial charge < -0.3 is 10.3 Å². The van der Waals surface area contributed by atoms with E-state index in [1.54, 1.807) is 6.07 Å². The van der Waals surface area contributed by atoms with Crippen molar-refractivity contribution in [1.29, 1.82) is 10.5 Å². The van der Waals surface area contributed by atoms with E-state index in [1.165, 1.54) is 0 Å². The van der Waals surface area contributed by atoms with Gasteiger partial charge in [-0.3, -0.25) is 0 Å². The molecule has 0 saturated carbocycles. The van der Waals surface area contributed by atoms with Crippen LogP contribution in [-0.4, -0.2) is 22.3 Å². The Bertz CT molecular complexity index is 270. The first kappa shape index (κ1) is 11.8. The third-order valence-corrected chi connectivity index (χ3v) is 3.96. The molecule has 0 radical (unpaired) electrons. The van der Waals surface area contributed by atoms with Crippen molar-refractivity contribution in [2.75, 3.05) is 0 Å². The van der Waals surface area contributed by atoms with Gasteiger partial charge in [0, 0.05) is 0 Å². The minimum atomic E-state index is -1.07. The number of hydrogen-bond acceptors (Lipinski definition) is 3. The summed E-state index contributed by atoms with van der Waals surface area (Å²) in [5.41, 5.74) is -0.992. The van der Waals surface area contributed by atoms with E-state index in [4.69, 9.17) is 45.3 Å². The highest BCUT2D eigenvalue weighted by molar-refractivity contribution is 6.34. The van der Waals surface area contributed by atoms with Gasteiger partial charge in [0.1, 0.15) is 17.4 Å². The summed E-state index contributed by atoms with van der Waals surface area (Å²) in [6.45, 7) is 0. The van der Waals surface area contributed by atoms with E-state index in [9.17, 15) is 5.21 Å². The highest BCUT2D eigenvalue weighted by atomic mass is 35.5. The minimum Gasteiger partial charge on any atom is -0.632 e. The van der Waals surface area contributed by atoms with Gasteiger partial charge in [-0.25, -0.2) is 0 Å². The fraction of sp³-hybridized carbons (Fsp3) is 0.714. The summed E-state index contributed by atoms with van der Waals surface area (Å²) >= 11 is 17.3. The number of nitrogens with one attached hydrogen (secondary N) is 1. The third kappa shape index (κ3) is 1.77. The highest BCUT2D eigenvalue weighted by Gasteiger charge is 2.48. The molecule has 1 aliphatic rings. The van der Waals surface area contributed by atoms with E-state index < -0.39 is 33.3 Å². The predicted octanol–water partition coefficient (Wildman–Crippen LogP) is 0.194. The molecular weight excluding hydrogens is 248 g/mol. The Morgan fingerprint density at radius 1 is 1.07 bits per heavy atom. The molecule has 1 fully saturated rings. The number of rotatable bonds is 0. The zero-order valence-corrected chi connectivity index (χ0v) is 9.09. The topological polar surface area (TPSA) is 75.1 Å². The maximum absolute atomic E-state index is 11.4. The van der Waals surface area contributed by atoms with Crippen LogP contribution in [0.1, 0.15) is 0 Å². The Hall–Kier alpha value is -0.230. The quantitative estimate of drug-likeness (QED) is 0.381. The maximum Gasteiger partial charge on any atom is 0.193 e. The largest absolute Gasteiger partial charge is 0.632 e. The molecule has 1 N–H and O–H groups in total. The average molecular weight is 255 g/mol. The molecule has 0 bridgehead atoms. The van der Waals surface area contributed by atoms with Gasteiger partial charge >= 0.3 is 0 Å². The second-order valence-electron chi connectivity index (χ2n) is 2.95. The Kier molecular flexibility index (Phi) is 3.83. The number of piperidine rings is 1. The number of quaternary nitrogens is 1. The van der Waals surface area contributed by atoms with E-state index in [2.05, 4.69) is 0 Å². The Balaban J connectivity index is 2.98. The summed E-state index contributed by atoms with van der Waals surface area (Å²) in [4.78, 5) is 0. The van der Waals surface area contributed by atoms with Crippen molar-refractivity contribution in [1.82, 2.24) is 0 Å². The Morgan fingerprint density at radius 2 is 1.64 bits per heavy atom. The molecule has 0 aromatic rings. The summed E-state index contributed by atoms with van der Waals surface area (Å²) in [5, 5.41) is 26.8. The molecule has 0 amide bonds. The van der Waals surface area contributed by atoms with E-state index in [1.807, 2.05) is 6.07 Å². The molecule has 4 nitrogen and oxygen atoms in total. The Morgan fingerprint density at radius 3 is 2.07 bits per heavy atom. The van der Waals surface area contributed by atoms with Crippen molar-refractivity contribution in [3.05, 3.63) is 5.21 Å². The van der Waals surface area contributed by atoms with Crippen molar-refractivity contribution in [2.24, 2.45) is 5.92 Å². The molecule has 0 aromatic heterocycles. The van der Waals surface area contributed by atoms with Gasteiger partial charge in [0.05, 0.1) is 11.4 Å². The van der Waals surface area contributed by atoms with Crippen LogP contribution >= 0.6 is 34.8 Å². The van der Waals surface area contributed by atoms with Crippen LogP contribution in [0, 0.1) is 33.8 Å². The molecule has 1 heterocycles. The number of hydroxylamine groups is 2. The van der Waals surface area contributed by atoms with Crippen LogP contribution in [0.2, 0.25) is 0 Å². The molecule has 0 aromatic carbocycles. The average Bonchev–Trinajstić information content (AvgIpc) is 2.20. The van der Waals surface area contributed by atoms with E-state index in [0.717, 1.165) is 0 Å². The molecule has 1 rings (SSSR count). The molecule has 76 valence electrons. The standard InChI is InChI=1S/C7H6Cl3N3O/c8-5-3(1-11)4(2-12)13(14)7(10)6(5)9/h3-7,13H. The van der Waals surface area contributed by atoms with E-state index in [0.29, 0.717) is 0 Å². The number of nitrogens with zero attached hydrogens (tertiary/aromatic N) is 2. The molecule has 6 atom stereocenters. The van der Waals surface area contributed by atoms with Gasteiger partial charge in [-0.05, 0) is 0 Å². The first-order valence-electron chi connectivity index (χ1n) is 3.79. The normalized spacial score (nSPS) is 47.9. The van der Waals surface area contributed by atoms with Crippen molar-refractivity contribution < 1.29 is 5.06 Å². The van der Waals surface area contributed by atoms with Crippen LogP contribution in [0.25, 0.3) is 0 Å². The fourth-order valence-electron chi connectivity index (χ4n) is 1.34. The summed E-state index contributed by atoms with van der Waals surface area (Å²) < 4.78 is 0. The van der Waals surface area contributed by atoms with Crippen LogP contribution < -0.4 is 5.06 Å². The third-order valence-electron chi connectivity index (χ3n) is 2.15. The molecule has 6 unspecified atom stereocenters. The molecule has 0 spiro atoms. The summed E-state index contributed by atoms with van der Waals surface area (Å²) in [5.74, 6) is -0.883. The number of hydrogen-bond donors (Lipinski definition) is 1. The second-order valence-corrected chi connectivity index (χ2v) is 4.43. The van der Waals surface area contributed by atoms with Gasteiger partial charge in [0.2, 0.25) is 0 Å². The van der Waals surface area contributed by atoms with Crippen molar-refractivity contribution in [3.8, 4) is 12.1 Å². The SMILES string of the molecule is N#CC1C(Cl)C(Cl)C(Cl)[NH+]([O-])C1C#N. The first-order valence-corrected chi connectivity index (χ1v) is 5.10. The molecule has 1 aliphatic heterocycles. The van der Waals surface area contributed by atoms with Gasteiger partial charge in [-0.1, -0.05) is 11.6 Å². The van der Waals surface area contributed by atoms with Crippen molar-refractivity contribution >= 4 is 34.8 Å². The molecule has 1 saturated heterocycles. The summed E-state index contributed by atoms with van der Waals surface area (Å²) in [6.07, 6.45) is 0. The zero-order valence-electron chi connectivity index (χ0n) is 6.82. The second kappa shape index (κ2) is 4.53. The smallest absolute Gasteiger partial charge is 0.193 e. The fourth-order valence-corrected chi connectivity index (χ4v) is 2.33. The minimum absolute atomic E-state index is 0.516. The zero-order chi connectivity index (χ0) is 10.9. The molecule has 7 heteroatoms. The van der Waals surface area contributed by atoms with Crippen LogP contribution in [0.4, 0.5) is 0 Å². The van der Waals surface area contributed by atoms with E-state index >= 15 is 0 Å². The maximum atomic E-state index is 11.4. The van der Waals surface area contributed by atoms with Gasteiger partial charge in [-0.15, -0.1) is 23.2 Å². The molecule has 14 heavy (non-hydrogen) atoms. The van der Waals surface area contributed by atoms with Crippen molar-refractivity contribution in [2.45, 2.75) is 22.3 Å². The lowest BCUT2D eigenvalue weighted by molar-refractivity contribution is -0.887. The van der Waals surface area contributed by atoms with Crippen LogP contribution in [0.5, 0.6) is 0 Å². The molecule has 0 aliphatic carbocycles. The van der Waals surface area contributed by atoms with Gasteiger partial charge in [-0.2, -0.15) is 10.5 Å². The number of halogens is 3. The van der Waals surface area contributed by atoms with Gasteiger partial charge in [0.25, 0.3) is 0 Å². The highest BCUT2D eigenvalue weighted by Crippen LogP contribution is 2.27. The summed E-state index contributed by atoms with van der Waals surface area (Å²) in [6, 6.07) is 2.48. The number of nitriles is 2. The monoisotopic (exact) mass is 253 g/mol. The summed E-state index contributed by atoms with van der Waals surface area (Å²) in [7, 11) is 0. The molecular formula is C7H6Cl3N3O. The van der Waals surface area contributed by atoms with E-state index in [-0.39, 0.29) is 0 Å². The lowest BCUT2D eigenvalue weighted by Gasteiger charge is -2.42. The first-order chi connectivity index (χ1) is 6.54. The predicted molar refractivity (Wildman–Crippen MR) is 51.8 cm³/mol. The van der Waals surface area contributed by atoms with Gasteiger partial charge in [0.15, 0.2) is 11.5 Å². The lowest BCUT2D eigenvalue weighted by Crippen LogP contribution is -3.17. The van der Waals surface area contributed by atoms with Crippen LogP contribution in [0.15, 0.2) is 0 Å². The van der Waals surface area contributed by atoms with Crippen LogP contribution in [0.3, 0.4) is 0 Å². The lowest BCUT2D eigenvalue weighted by atomic mass is 9.92. The number of alkyl halides is 3.